The number of urea groups is 1. The lowest BCUT2D eigenvalue weighted by Crippen LogP contribution is -2.56. The van der Waals surface area contributed by atoms with Crippen LogP contribution in [0.25, 0.3) is 11.3 Å². The van der Waals surface area contributed by atoms with Crippen LogP contribution in [0.4, 0.5) is 10.5 Å². The third-order valence-corrected chi connectivity index (χ3v) is 7.31. The second-order valence-electron chi connectivity index (χ2n) is 9.37. The number of piperidine rings is 3. The Labute approximate surface area is 205 Å². The minimum Gasteiger partial charge on any atom is -0.497 e. The molecular weight excluding hydrogens is 440 g/mol. The zero-order valence-electron chi connectivity index (χ0n) is 20.1. The first-order valence-electron chi connectivity index (χ1n) is 12.0. The Bertz CT molecular complexity index is 1250. The van der Waals surface area contributed by atoms with Crippen molar-refractivity contribution < 1.29 is 9.53 Å². The molecule has 3 aromatic rings. The number of hydrogen-bond acceptors (Lipinski definition) is 5. The van der Waals surface area contributed by atoms with Crippen LogP contribution >= 0.6 is 0 Å². The number of ether oxygens (including phenoxy) is 1. The maximum atomic E-state index is 12.4. The van der Waals surface area contributed by atoms with Crippen molar-refractivity contribution in [1.29, 1.82) is 5.26 Å². The van der Waals surface area contributed by atoms with Crippen molar-refractivity contribution in [2.24, 2.45) is 13.0 Å². The van der Waals surface area contributed by atoms with Crippen LogP contribution in [0.1, 0.15) is 30.0 Å². The molecule has 2 bridgehead atoms. The number of nitrogens with one attached hydrogen (secondary N) is 2. The summed E-state index contributed by atoms with van der Waals surface area (Å²) in [5.41, 5.74) is 4.48. The Morgan fingerprint density at radius 1 is 1.23 bits per heavy atom. The van der Waals surface area contributed by atoms with E-state index in [-0.39, 0.29) is 6.03 Å². The molecule has 2 aromatic carbocycles. The smallest absolute Gasteiger partial charge is 0.319 e. The predicted octanol–water partition coefficient (Wildman–Crippen LogP) is 3.97. The van der Waals surface area contributed by atoms with Gasteiger partial charge in [-0.15, -0.1) is 0 Å². The molecule has 8 nitrogen and oxygen atoms in total. The van der Waals surface area contributed by atoms with Crippen molar-refractivity contribution in [3.63, 3.8) is 0 Å². The third-order valence-electron chi connectivity index (χ3n) is 7.31. The first kappa shape index (κ1) is 22.9. The van der Waals surface area contributed by atoms with Gasteiger partial charge < -0.3 is 15.4 Å². The fraction of sp³-hybridized carbons (Fsp3) is 0.370. The molecule has 1 aromatic heterocycles. The van der Waals surface area contributed by atoms with Crippen LogP contribution in [-0.2, 0) is 7.05 Å². The molecule has 6 rings (SSSR count). The number of rotatable bonds is 6. The fourth-order valence-electron chi connectivity index (χ4n) is 5.47. The minimum atomic E-state index is -0.241. The molecule has 8 heteroatoms. The van der Waals surface area contributed by atoms with Crippen molar-refractivity contribution in [2.45, 2.75) is 24.8 Å². The first-order chi connectivity index (χ1) is 17.0. The molecule has 180 valence electrons. The number of aromatic nitrogens is 2. The average Bonchev–Trinajstić information content (AvgIpc) is 3.29. The van der Waals surface area contributed by atoms with Gasteiger partial charge in [-0.3, -0.25) is 9.58 Å². The number of benzene rings is 2. The van der Waals surface area contributed by atoms with E-state index in [1.54, 1.807) is 31.4 Å². The molecule has 4 heterocycles. The number of carbonyl (C=O) groups is 1. The van der Waals surface area contributed by atoms with Gasteiger partial charge in [0.05, 0.1) is 24.4 Å². The zero-order valence-corrected chi connectivity index (χ0v) is 20.1. The highest BCUT2D eigenvalue weighted by Crippen LogP contribution is 2.42. The first-order valence-corrected chi connectivity index (χ1v) is 12.0. The fourth-order valence-corrected chi connectivity index (χ4v) is 5.47. The summed E-state index contributed by atoms with van der Waals surface area (Å²) in [6.07, 6.45) is 2.22. The second-order valence-corrected chi connectivity index (χ2v) is 9.37. The van der Waals surface area contributed by atoms with E-state index in [0.717, 1.165) is 42.9 Å². The minimum absolute atomic E-state index is 0.241. The molecule has 0 saturated carbocycles. The standard InChI is InChI=1S/C27H30N6O2/c1-32-26(14-25(31-32)19-6-8-23(35-2)9-7-19)24-17-33-11-10-20(24)13-22(33)16-29-27(34)30-21-5-3-4-18(12-21)15-28/h3-9,12,14,20,22,24H,10-11,13,16-17H2,1-2H3,(H2,29,30,34). The lowest BCUT2D eigenvalue weighted by Gasteiger charge is -2.49. The molecule has 0 aliphatic carbocycles. The van der Waals surface area contributed by atoms with E-state index in [0.29, 0.717) is 35.7 Å². The van der Waals surface area contributed by atoms with Crippen molar-refractivity contribution in [2.75, 3.05) is 32.1 Å². The van der Waals surface area contributed by atoms with Crippen LogP contribution in [0.5, 0.6) is 5.75 Å². The maximum Gasteiger partial charge on any atom is 0.319 e. The Morgan fingerprint density at radius 2 is 2.06 bits per heavy atom. The van der Waals surface area contributed by atoms with E-state index in [2.05, 4.69) is 27.7 Å². The molecule has 3 saturated heterocycles. The molecule has 4 unspecified atom stereocenters. The van der Waals surface area contributed by atoms with Crippen LogP contribution in [-0.4, -0.2) is 53.5 Å². The number of amides is 2. The van der Waals surface area contributed by atoms with Crippen LogP contribution in [0.15, 0.2) is 54.6 Å². The van der Waals surface area contributed by atoms with Crippen molar-refractivity contribution >= 4 is 11.7 Å². The van der Waals surface area contributed by atoms with Gasteiger partial charge in [0.25, 0.3) is 0 Å². The predicted molar refractivity (Wildman–Crippen MR) is 134 cm³/mol. The van der Waals surface area contributed by atoms with E-state index in [1.165, 1.54) is 5.69 Å². The van der Waals surface area contributed by atoms with Gasteiger partial charge in [0, 0.05) is 49.0 Å². The summed E-state index contributed by atoms with van der Waals surface area (Å²) < 4.78 is 7.30. The van der Waals surface area contributed by atoms with Gasteiger partial charge in [-0.1, -0.05) is 6.07 Å². The summed E-state index contributed by atoms with van der Waals surface area (Å²) in [5, 5.41) is 19.7. The van der Waals surface area contributed by atoms with Gasteiger partial charge in [-0.25, -0.2) is 4.79 Å². The lowest BCUT2D eigenvalue weighted by atomic mass is 9.74. The molecular formula is C27H30N6O2. The molecule has 0 radical (unpaired) electrons. The Hall–Kier alpha value is -3.83. The molecule has 2 amide bonds. The highest BCUT2D eigenvalue weighted by molar-refractivity contribution is 5.89. The van der Waals surface area contributed by atoms with Gasteiger partial charge in [0.1, 0.15) is 5.75 Å². The van der Waals surface area contributed by atoms with Crippen LogP contribution < -0.4 is 15.4 Å². The number of nitriles is 1. The number of methoxy groups -OCH3 is 1. The van der Waals surface area contributed by atoms with E-state index in [9.17, 15) is 4.79 Å². The Kier molecular flexibility index (Phi) is 6.43. The molecule has 0 spiro atoms. The summed E-state index contributed by atoms with van der Waals surface area (Å²) >= 11 is 0. The van der Waals surface area contributed by atoms with Crippen LogP contribution in [0.3, 0.4) is 0 Å². The summed E-state index contributed by atoms with van der Waals surface area (Å²) in [5.74, 6) is 1.85. The molecule has 3 aliphatic heterocycles. The lowest BCUT2D eigenvalue weighted by molar-refractivity contribution is 0.0296. The van der Waals surface area contributed by atoms with Gasteiger partial charge >= 0.3 is 6.03 Å². The van der Waals surface area contributed by atoms with E-state index >= 15 is 0 Å². The number of hydrogen-bond donors (Lipinski definition) is 2. The third kappa shape index (κ3) is 4.86. The van der Waals surface area contributed by atoms with E-state index < -0.39 is 0 Å². The van der Waals surface area contributed by atoms with Gasteiger partial charge in [-0.05, 0) is 73.8 Å². The molecule has 4 atom stereocenters. The highest BCUT2D eigenvalue weighted by Gasteiger charge is 2.41. The number of fused-ring (bicyclic) bond motifs is 3. The summed E-state index contributed by atoms with van der Waals surface area (Å²) in [6.45, 7) is 2.64. The summed E-state index contributed by atoms with van der Waals surface area (Å²) in [4.78, 5) is 14.9. The maximum absolute atomic E-state index is 12.4. The van der Waals surface area contributed by atoms with Crippen molar-refractivity contribution in [3.8, 4) is 23.1 Å². The van der Waals surface area contributed by atoms with E-state index in [1.807, 2.05) is 36.0 Å². The Morgan fingerprint density at radius 3 is 2.77 bits per heavy atom. The number of nitrogens with zero attached hydrogens (tertiary/aromatic N) is 4. The average molecular weight is 471 g/mol. The topological polar surface area (TPSA) is 95.2 Å². The summed E-state index contributed by atoms with van der Waals surface area (Å²) in [7, 11) is 3.70. The molecule has 3 fully saturated rings. The molecule has 35 heavy (non-hydrogen) atoms. The zero-order chi connectivity index (χ0) is 24.4. The van der Waals surface area contributed by atoms with E-state index in [4.69, 9.17) is 15.1 Å². The van der Waals surface area contributed by atoms with Gasteiger partial charge in [-0.2, -0.15) is 10.4 Å². The Balaban J connectivity index is 1.20. The normalized spacial score (nSPS) is 22.9. The van der Waals surface area contributed by atoms with Crippen LogP contribution in [0.2, 0.25) is 0 Å². The molecule has 2 N–H and O–H groups in total. The van der Waals surface area contributed by atoms with Crippen molar-refractivity contribution in [3.05, 3.63) is 65.9 Å². The number of anilines is 1. The monoisotopic (exact) mass is 470 g/mol. The van der Waals surface area contributed by atoms with Crippen LogP contribution in [0, 0.1) is 17.2 Å². The number of aryl methyl sites for hydroxylation is 1. The SMILES string of the molecule is COc1ccc(-c2cc(C3CN4CCC3CC4CNC(=O)Nc3cccc(C#N)c3)n(C)n2)cc1. The largest absolute Gasteiger partial charge is 0.497 e. The number of carbonyl (C=O) groups excluding carboxylic acids is 1. The summed E-state index contributed by atoms with van der Waals surface area (Å²) in [6, 6.07) is 19.4. The quantitative estimate of drug-likeness (QED) is 0.569. The highest BCUT2D eigenvalue weighted by atomic mass is 16.5. The molecule has 3 aliphatic rings. The van der Waals surface area contributed by atoms with Gasteiger partial charge in [0.15, 0.2) is 0 Å². The van der Waals surface area contributed by atoms with Gasteiger partial charge in [0.2, 0.25) is 0 Å². The second kappa shape index (κ2) is 9.80. The van der Waals surface area contributed by atoms with Crippen molar-refractivity contribution in [1.82, 2.24) is 20.0 Å².